The second kappa shape index (κ2) is 11.3. The number of nitro benzene ring substituents is 1. The Morgan fingerprint density at radius 3 is 2.47 bits per heavy atom. The lowest BCUT2D eigenvalue weighted by Gasteiger charge is -2.07. The van der Waals surface area contributed by atoms with E-state index in [-0.39, 0.29) is 23.0 Å². The lowest BCUT2D eigenvalue weighted by Crippen LogP contribution is -2.15. The van der Waals surface area contributed by atoms with Gasteiger partial charge in [0.05, 0.1) is 23.9 Å². The van der Waals surface area contributed by atoms with Crippen molar-refractivity contribution in [3.8, 4) is 5.75 Å². The molecule has 0 spiro atoms. The summed E-state index contributed by atoms with van der Waals surface area (Å²) in [6, 6.07) is 12.8. The van der Waals surface area contributed by atoms with Crippen molar-refractivity contribution in [3.05, 3.63) is 63.7 Å². The van der Waals surface area contributed by atoms with Crippen LogP contribution in [0.1, 0.15) is 30.9 Å². The minimum absolute atomic E-state index is 0.0686. The zero-order chi connectivity index (χ0) is 23.1. The number of methoxy groups -OCH3 is 1. The fourth-order valence-electron chi connectivity index (χ4n) is 2.67. The summed E-state index contributed by atoms with van der Waals surface area (Å²) in [5.41, 5.74) is 2.42. The van der Waals surface area contributed by atoms with Crippen LogP contribution in [0.2, 0.25) is 0 Å². The molecule has 0 fully saturated rings. The van der Waals surface area contributed by atoms with Gasteiger partial charge in [-0.3, -0.25) is 14.9 Å². The van der Waals surface area contributed by atoms with E-state index in [1.807, 2.05) is 0 Å². The Bertz CT molecular complexity index is 1090. The molecule has 3 rings (SSSR count). The fourth-order valence-corrected chi connectivity index (χ4v) is 5.44. The molecule has 0 saturated carbocycles. The third kappa shape index (κ3) is 6.68. The summed E-state index contributed by atoms with van der Waals surface area (Å²) in [7, 11) is 1.42. The van der Waals surface area contributed by atoms with Crippen LogP contribution < -0.4 is 10.1 Å². The number of nitrogens with one attached hydrogen (secondary N) is 1. The third-order valence-electron chi connectivity index (χ3n) is 4.40. The smallest absolute Gasteiger partial charge is 0.296 e. The van der Waals surface area contributed by atoms with Crippen LogP contribution in [0.25, 0.3) is 0 Å². The van der Waals surface area contributed by atoms with Crippen LogP contribution in [0.4, 0.5) is 11.4 Å². The number of benzene rings is 2. The van der Waals surface area contributed by atoms with Gasteiger partial charge in [-0.2, -0.15) is 0 Å². The van der Waals surface area contributed by atoms with Crippen LogP contribution in [-0.2, 0) is 10.5 Å². The van der Waals surface area contributed by atoms with Gasteiger partial charge in [-0.15, -0.1) is 10.2 Å². The van der Waals surface area contributed by atoms with Crippen LogP contribution in [-0.4, -0.2) is 33.9 Å². The second-order valence-corrected chi connectivity index (χ2v) is 10.4. The number of carbonyl (C=O) groups excluding carboxylic acids is 1. The number of amides is 1. The standard InChI is InChI=1S/C21H22N4O4S3/c1-13(2)15-6-4-14(5-7-15)11-30-20-23-24-21(32-20)31-12-19(26)22-17-9-8-16(29-3)10-18(17)25(27)28/h4-10,13H,11-12H2,1-3H3,(H,22,26). The number of aromatic nitrogens is 2. The highest BCUT2D eigenvalue weighted by atomic mass is 32.2. The number of hydrogen-bond acceptors (Lipinski definition) is 9. The predicted octanol–water partition coefficient (Wildman–Crippen LogP) is 5.60. The van der Waals surface area contributed by atoms with E-state index < -0.39 is 4.92 Å². The Morgan fingerprint density at radius 2 is 1.84 bits per heavy atom. The molecule has 32 heavy (non-hydrogen) atoms. The molecule has 168 valence electrons. The molecule has 0 aliphatic heterocycles. The first-order chi connectivity index (χ1) is 15.4. The number of thioether (sulfide) groups is 2. The maximum absolute atomic E-state index is 12.3. The average Bonchev–Trinajstić information content (AvgIpc) is 3.24. The number of nitro groups is 1. The van der Waals surface area contributed by atoms with Crippen molar-refractivity contribution < 1.29 is 14.5 Å². The Morgan fingerprint density at radius 1 is 1.16 bits per heavy atom. The quantitative estimate of drug-likeness (QED) is 0.222. The van der Waals surface area contributed by atoms with E-state index in [0.29, 0.717) is 16.0 Å². The van der Waals surface area contributed by atoms with E-state index in [4.69, 9.17) is 4.74 Å². The van der Waals surface area contributed by atoms with Gasteiger partial charge < -0.3 is 10.1 Å². The number of ether oxygens (including phenoxy) is 1. The molecular weight excluding hydrogens is 468 g/mol. The number of anilines is 1. The van der Waals surface area contributed by atoms with Crippen LogP contribution in [0.3, 0.4) is 0 Å². The summed E-state index contributed by atoms with van der Waals surface area (Å²) < 4.78 is 6.49. The molecule has 0 aliphatic carbocycles. The molecule has 11 heteroatoms. The highest BCUT2D eigenvalue weighted by Gasteiger charge is 2.18. The van der Waals surface area contributed by atoms with E-state index in [9.17, 15) is 14.9 Å². The van der Waals surface area contributed by atoms with Crippen molar-refractivity contribution in [2.45, 2.75) is 34.2 Å². The molecule has 3 aromatic rings. The lowest BCUT2D eigenvalue weighted by molar-refractivity contribution is -0.384. The molecule has 1 heterocycles. The molecule has 0 saturated heterocycles. The normalized spacial score (nSPS) is 10.9. The van der Waals surface area contributed by atoms with Crippen LogP contribution in [0.5, 0.6) is 5.75 Å². The minimum atomic E-state index is -0.560. The highest BCUT2D eigenvalue weighted by Crippen LogP contribution is 2.32. The molecule has 0 bridgehead atoms. The highest BCUT2D eigenvalue weighted by molar-refractivity contribution is 8.03. The van der Waals surface area contributed by atoms with E-state index in [1.165, 1.54) is 53.5 Å². The molecule has 1 aromatic heterocycles. The second-order valence-electron chi connectivity index (χ2n) is 7.00. The Labute approximate surface area is 198 Å². The van der Waals surface area contributed by atoms with Crippen LogP contribution in [0, 0.1) is 10.1 Å². The Hall–Kier alpha value is -2.63. The number of nitrogens with zero attached hydrogens (tertiary/aromatic N) is 3. The van der Waals surface area contributed by atoms with E-state index in [0.717, 1.165) is 10.1 Å². The van der Waals surface area contributed by atoms with Gasteiger partial charge in [-0.25, -0.2) is 0 Å². The third-order valence-corrected chi connectivity index (χ3v) is 7.66. The summed E-state index contributed by atoms with van der Waals surface area (Å²) in [6.45, 7) is 4.34. The largest absolute Gasteiger partial charge is 0.496 e. The van der Waals surface area contributed by atoms with Gasteiger partial charge in [-0.05, 0) is 29.2 Å². The topological polar surface area (TPSA) is 107 Å². The van der Waals surface area contributed by atoms with Gasteiger partial charge in [0, 0.05) is 5.75 Å². The zero-order valence-electron chi connectivity index (χ0n) is 17.7. The predicted molar refractivity (Wildman–Crippen MR) is 129 cm³/mol. The monoisotopic (exact) mass is 490 g/mol. The van der Waals surface area contributed by atoms with Crippen LogP contribution in [0.15, 0.2) is 51.1 Å². The van der Waals surface area contributed by atoms with Crippen molar-refractivity contribution in [2.24, 2.45) is 0 Å². The lowest BCUT2D eigenvalue weighted by atomic mass is 10.0. The molecule has 0 aliphatic rings. The summed E-state index contributed by atoms with van der Waals surface area (Å²) in [4.78, 5) is 23.0. The van der Waals surface area contributed by atoms with E-state index in [1.54, 1.807) is 17.8 Å². The zero-order valence-corrected chi connectivity index (χ0v) is 20.2. The number of rotatable bonds is 10. The van der Waals surface area contributed by atoms with Crippen molar-refractivity contribution in [1.82, 2.24) is 10.2 Å². The van der Waals surface area contributed by atoms with Gasteiger partial charge in [0.1, 0.15) is 11.4 Å². The number of carbonyl (C=O) groups is 1. The summed E-state index contributed by atoms with van der Waals surface area (Å²) in [6.07, 6.45) is 0. The Kier molecular flexibility index (Phi) is 8.48. The van der Waals surface area contributed by atoms with E-state index >= 15 is 0 Å². The van der Waals surface area contributed by atoms with Gasteiger partial charge >= 0.3 is 0 Å². The first kappa shape index (κ1) is 24.0. The average molecular weight is 491 g/mol. The summed E-state index contributed by atoms with van der Waals surface area (Å²) in [5, 5.41) is 22.1. The Balaban J connectivity index is 1.50. The van der Waals surface area contributed by atoms with Gasteiger partial charge in [0.2, 0.25) is 5.91 Å². The minimum Gasteiger partial charge on any atom is -0.496 e. The number of hydrogen-bond donors (Lipinski definition) is 1. The molecule has 0 radical (unpaired) electrons. The van der Waals surface area contributed by atoms with Gasteiger partial charge in [-0.1, -0.05) is 73.0 Å². The molecule has 2 aromatic carbocycles. The van der Waals surface area contributed by atoms with Gasteiger partial charge in [0.15, 0.2) is 8.68 Å². The first-order valence-electron chi connectivity index (χ1n) is 9.66. The maximum Gasteiger partial charge on any atom is 0.296 e. The molecule has 1 N–H and O–H groups in total. The van der Waals surface area contributed by atoms with Crippen LogP contribution >= 0.6 is 34.9 Å². The molecular formula is C21H22N4O4S3. The van der Waals surface area contributed by atoms with E-state index in [2.05, 4.69) is 53.6 Å². The molecule has 8 nitrogen and oxygen atoms in total. The summed E-state index contributed by atoms with van der Waals surface area (Å²) >= 11 is 4.26. The van der Waals surface area contributed by atoms with Gasteiger partial charge in [0.25, 0.3) is 5.69 Å². The van der Waals surface area contributed by atoms with Crippen molar-refractivity contribution >= 4 is 52.1 Å². The molecule has 0 atom stereocenters. The summed E-state index contributed by atoms with van der Waals surface area (Å²) in [5.74, 6) is 1.35. The maximum atomic E-state index is 12.3. The van der Waals surface area contributed by atoms with Crippen molar-refractivity contribution in [2.75, 3.05) is 18.2 Å². The fraction of sp³-hybridized carbons (Fsp3) is 0.286. The molecule has 0 unspecified atom stereocenters. The SMILES string of the molecule is COc1ccc(NC(=O)CSc2nnc(SCc3ccc(C(C)C)cc3)s2)c([N+](=O)[O-])c1. The first-order valence-corrected chi connectivity index (χ1v) is 12.4. The molecule has 1 amide bonds. The van der Waals surface area contributed by atoms with Crippen molar-refractivity contribution in [1.29, 1.82) is 0 Å². The van der Waals surface area contributed by atoms with Crippen molar-refractivity contribution in [3.63, 3.8) is 0 Å².